The van der Waals surface area contributed by atoms with Crippen molar-refractivity contribution < 1.29 is 9.18 Å². The van der Waals surface area contributed by atoms with Crippen LogP contribution in [0.2, 0.25) is 5.02 Å². The topological polar surface area (TPSA) is 34.9 Å². The Labute approximate surface area is 103 Å². The Morgan fingerprint density at radius 2 is 2.29 bits per heavy atom. The number of rotatable bonds is 3. The quantitative estimate of drug-likeness (QED) is 0.788. The van der Waals surface area contributed by atoms with E-state index in [1.807, 2.05) is 6.92 Å². The molecule has 0 aliphatic heterocycles. The molecule has 2 aromatic rings. The van der Waals surface area contributed by atoms with E-state index in [0.717, 1.165) is 0 Å². The van der Waals surface area contributed by atoms with Gasteiger partial charge in [-0.05, 0) is 19.1 Å². The van der Waals surface area contributed by atoms with Crippen LogP contribution in [0.15, 0.2) is 30.5 Å². The van der Waals surface area contributed by atoms with E-state index < -0.39 is 5.82 Å². The Balaban J connectivity index is 2.47. The summed E-state index contributed by atoms with van der Waals surface area (Å²) in [6.07, 6.45) is 1.41. The van der Waals surface area contributed by atoms with Gasteiger partial charge in [-0.15, -0.1) is 0 Å². The van der Waals surface area contributed by atoms with Gasteiger partial charge in [-0.3, -0.25) is 9.48 Å². The molecule has 0 fully saturated rings. The first-order chi connectivity index (χ1) is 8.13. The van der Waals surface area contributed by atoms with Gasteiger partial charge >= 0.3 is 0 Å². The van der Waals surface area contributed by atoms with E-state index in [9.17, 15) is 9.18 Å². The van der Waals surface area contributed by atoms with E-state index >= 15 is 0 Å². The summed E-state index contributed by atoms with van der Waals surface area (Å²) in [6, 6.07) is 5.51. The molecule has 0 saturated heterocycles. The Kier molecular flexibility index (Phi) is 3.24. The van der Waals surface area contributed by atoms with Crippen LogP contribution < -0.4 is 0 Å². The first-order valence-corrected chi connectivity index (χ1v) is 5.53. The molecule has 17 heavy (non-hydrogen) atoms. The third kappa shape index (κ3) is 2.22. The number of nitrogens with zero attached hydrogens (tertiary/aromatic N) is 2. The number of hydrogen-bond acceptors (Lipinski definition) is 2. The van der Waals surface area contributed by atoms with Crippen LogP contribution in [0.3, 0.4) is 0 Å². The SMILES string of the molecule is CCn1ncc(Cl)c1C(=O)c1cccc(F)c1. The highest BCUT2D eigenvalue weighted by Gasteiger charge is 2.18. The maximum atomic E-state index is 13.0. The molecule has 1 heterocycles. The maximum Gasteiger partial charge on any atom is 0.212 e. The normalized spacial score (nSPS) is 10.5. The van der Waals surface area contributed by atoms with E-state index in [-0.39, 0.29) is 16.4 Å². The number of aromatic nitrogens is 2. The van der Waals surface area contributed by atoms with Gasteiger partial charge in [-0.2, -0.15) is 5.10 Å². The van der Waals surface area contributed by atoms with Gasteiger partial charge in [0.1, 0.15) is 11.5 Å². The highest BCUT2D eigenvalue weighted by Crippen LogP contribution is 2.19. The molecule has 0 aliphatic rings. The fourth-order valence-electron chi connectivity index (χ4n) is 1.59. The third-order valence-electron chi connectivity index (χ3n) is 2.40. The molecule has 88 valence electrons. The summed E-state index contributed by atoms with van der Waals surface area (Å²) in [5, 5.41) is 4.25. The summed E-state index contributed by atoms with van der Waals surface area (Å²) < 4.78 is 14.5. The fourth-order valence-corrected chi connectivity index (χ4v) is 1.82. The number of carbonyl (C=O) groups excluding carboxylic acids is 1. The number of carbonyl (C=O) groups is 1. The molecule has 2 rings (SSSR count). The lowest BCUT2D eigenvalue weighted by Gasteiger charge is -2.04. The fraction of sp³-hybridized carbons (Fsp3) is 0.167. The van der Waals surface area contributed by atoms with Crippen molar-refractivity contribution in [3.63, 3.8) is 0 Å². The van der Waals surface area contributed by atoms with Gasteiger partial charge in [0.05, 0.1) is 11.2 Å². The van der Waals surface area contributed by atoms with Crippen LogP contribution in [0.5, 0.6) is 0 Å². The molecule has 0 bridgehead atoms. The first-order valence-electron chi connectivity index (χ1n) is 5.15. The Hall–Kier alpha value is -1.68. The average Bonchev–Trinajstić information content (AvgIpc) is 2.69. The molecule has 0 unspecified atom stereocenters. The molecule has 1 aromatic heterocycles. The van der Waals surface area contributed by atoms with Crippen molar-refractivity contribution in [3.8, 4) is 0 Å². The molecule has 0 atom stereocenters. The van der Waals surface area contributed by atoms with E-state index in [4.69, 9.17) is 11.6 Å². The number of halogens is 2. The average molecular weight is 253 g/mol. The third-order valence-corrected chi connectivity index (χ3v) is 2.67. The van der Waals surface area contributed by atoms with Crippen LogP contribution in [0, 0.1) is 5.82 Å². The largest absolute Gasteiger partial charge is 0.287 e. The molecular weight excluding hydrogens is 243 g/mol. The molecule has 3 nitrogen and oxygen atoms in total. The smallest absolute Gasteiger partial charge is 0.212 e. The van der Waals surface area contributed by atoms with Crippen molar-refractivity contribution in [2.45, 2.75) is 13.5 Å². The molecule has 0 radical (unpaired) electrons. The lowest BCUT2D eigenvalue weighted by molar-refractivity contribution is 0.102. The second-order valence-electron chi connectivity index (χ2n) is 3.50. The Morgan fingerprint density at radius 3 is 2.94 bits per heavy atom. The number of hydrogen-bond donors (Lipinski definition) is 0. The maximum absolute atomic E-state index is 13.0. The van der Waals surface area contributed by atoms with Crippen molar-refractivity contribution in [2.75, 3.05) is 0 Å². The van der Waals surface area contributed by atoms with Gasteiger partial charge < -0.3 is 0 Å². The number of benzene rings is 1. The van der Waals surface area contributed by atoms with Gasteiger partial charge in [0.15, 0.2) is 0 Å². The van der Waals surface area contributed by atoms with Gasteiger partial charge in [0.2, 0.25) is 5.78 Å². The zero-order valence-electron chi connectivity index (χ0n) is 9.15. The highest BCUT2D eigenvalue weighted by molar-refractivity contribution is 6.34. The van der Waals surface area contributed by atoms with E-state index in [0.29, 0.717) is 12.2 Å². The zero-order valence-corrected chi connectivity index (χ0v) is 9.91. The summed E-state index contributed by atoms with van der Waals surface area (Å²) in [5.74, 6) is -0.775. The standard InChI is InChI=1S/C12H10ClFN2O/c1-2-16-11(10(13)7-15-16)12(17)8-4-3-5-9(14)6-8/h3-7H,2H2,1H3. The van der Waals surface area contributed by atoms with E-state index in [2.05, 4.69) is 5.10 Å². The molecule has 0 N–H and O–H groups in total. The van der Waals surface area contributed by atoms with Gasteiger partial charge in [0.25, 0.3) is 0 Å². The Bertz CT molecular complexity index is 565. The van der Waals surface area contributed by atoms with Crippen molar-refractivity contribution in [1.29, 1.82) is 0 Å². The minimum absolute atomic E-state index is 0.266. The highest BCUT2D eigenvalue weighted by atomic mass is 35.5. The molecule has 0 amide bonds. The van der Waals surface area contributed by atoms with Crippen LogP contribution in [0.4, 0.5) is 4.39 Å². The number of aryl methyl sites for hydroxylation is 1. The van der Waals surface area contributed by atoms with Gasteiger partial charge in [-0.1, -0.05) is 23.7 Å². The zero-order chi connectivity index (χ0) is 12.4. The predicted molar refractivity (Wildman–Crippen MR) is 62.7 cm³/mol. The van der Waals surface area contributed by atoms with Crippen molar-refractivity contribution in [3.05, 3.63) is 52.6 Å². The Morgan fingerprint density at radius 1 is 1.53 bits per heavy atom. The van der Waals surface area contributed by atoms with Crippen LogP contribution >= 0.6 is 11.6 Å². The summed E-state index contributed by atoms with van der Waals surface area (Å²) in [5.41, 5.74) is 0.557. The lowest BCUT2D eigenvalue weighted by atomic mass is 10.1. The molecule has 5 heteroatoms. The first kappa shape index (κ1) is 11.8. The predicted octanol–water partition coefficient (Wildman–Crippen LogP) is 2.93. The number of ketones is 1. The molecule has 0 aliphatic carbocycles. The van der Waals surface area contributed by atoms with E-state index in [1.165, 1.54) is 29.1 Å². The molecular formula is C12H10ClFN2O. The van der Waals surface area contributed by atoms with Crippen LogP contribution in [0.25, 0.3) is 0 Å². The molecule has 0 spiro atoms. The summed E-state index contributed by atoms with van der Waals surface area (Å²) in [4.78, 5) is 12.1. The van der Waals surface area contributed by atoms with Crippen molar-refractivity contribution in [2.24, 2.45) is 0 Å². The summed E-state index contributed by atoms with van der Waals surface area (Å²) in [7, 11) is 0. The second-order valence-corrected chi connectivity index (χ2v) is 3.90. The van der Waals surface area contributed by atoms with Crippen LogP contribution in [-0.4, -0.2) is 15.6 Å². The minimum Gasteiger partial charge on any atom is -0.287 e. The second kappa shape index (κ2) is 4.67. The van der Waals surface area contributed by atoms with E-state index in [1.54, 1.807) is 6.07 Å². The summed E-state index contributed by atoms with van der Waals surface area (Å²) in [6.45, 7) is 2.38. The van der Waals surface area contributed by atoms with Crippen molar-refractivity contribution >= 4 is 17.4 Å². The lowest BCUT2D eigenvalue weighted by Crippen LogP contribution is -2.11. The minimum atomic E-state index is -0.450. The molecule has 1 aromatic carbocycles. The monoisotopic (exact) mass is 252 g/mol. The van der Waals surface area contributed by atoms with Crippen LogP contribution in [-0.2, 0) is 6.54 Å². The van der Waals surface area contributed by atoms with Gasteiger partial charge in [0, 0.05) is 12.1 Å². The summed E-state index contributed by atoms with van der Waals surface area (Å²) >= 11 is 5.91. The molecule has 0 saturated carbocycles. The van der Waals surface area contributed by atoms with Gasteiger partial charge in [-0.25, -0.2) is 4.39 Å². The van der Waals surface area contributed by atoms with Crippen LogP contribution in [0.1, 0.15) is 23.0 Å². The van der Waals surface area contributed by atoms with Crippen molar-refractivity contribution in [1.82, 2.24) is 9.78 Å².